The third-order valence-electron chi connectivity index (χ3n) is 4.99. The summed E-state index contributed by atoms with van der Waals surface area (Å²) in [6, 6.07) is 13.7. The second kappa shape index (κ2) is 9.30. The van der Waals surface area contributed by atoms with E-state index in [-0.39, 0.29) is 12.1 Å². The zero-order valence-electron chi connectivity index (χ0n) is 16.9. The maximum atomic E-state index is 12.9. The number of benzene rings is 2. The molecule has 2 aromatic carbocycles. The van der Waals surface area contributed by atoms with Gasteiger partial charge in [-0.3, -0.25) is 0 Å². The molecule has 0 bridgehead atoms. The summed E-state index contributed by atoms with van der Waals surface area (Å²) in [5.41, 5.74) is 1.86. The van der Waals surface area contributed by atoms with Crippen LogP contribution in [0.15, 0.2) is 57.5 Å². The van der Waals surface area contributed by atoms with E-state index < -0.39 is 5.97 Å². The molecule has 1 unspecified atom stereocenters. The molecule has 31 heavy (non-hydrogen) atoms. The van der Waals surface area contributed by atoms with Crippen LogP contribution in [0.2, 0.25) is 0 Å². The van der Waals surface area contributed by atoms with E-state index in [2.05, 4.69) is 31.4 Å². The average Bonchev–Trinajstić information content (AvgIpc) is 3.44. The van der Waals surface area contributed by atoms with E-state index in [9.17, 15) is 9.59 Å². The van der Waals surface area contributed by atoms with Gasteiger partial charge in [-0.05, 0) is 68.3 Å². The van der Waals surface area contributed by atoms with Crippen LogP contribution in [0, 0.1) is 0 Å². The molecular formula is C22H21BrN4O4. The highest BCUT2D eigenvalue weighted by molar-refractivity contribution is 9.10. The lowest BCUT2D eigenvalue weighted by atomic mass is 10.2. The molecule has 0 saturated carbocycles. The fraction of sp³-hybridized carbons (Fsp3) is 0.273. The number of hydrogen-bond donors (Lipinski definition) is 1. The van der Waals surface area contributed by atoms with Gasteiger partial charge in [0.2, 0.25) is 11.7 Å². The molecule has 8 nitrogen and oxygen atoms in total. The summed E-state index contributed by atoms with van der Waals surface area (Å²) in [6.45, 7) is 2.66. The smallest absolute Gasteiger partial charge is 0.338 e. The number of nitrogens with one attached hydrogen (secondary N) is 1. The van der Waals surface area contributed by atoms with Crippen LogP contribution in [0.3, 0.4) is 0 Å². The zero-order valence-corrected chi connectivity index (χ0v) is 18.5. The minimum Gasteiger partial charge on any atom is -0.462 e. The van der Waals surface area contributed by atoms with Crippen molar-refractivity contribution < 1.29 is 18.8 Å². The third-order valence-corrected chi connectivity index (χ3v) is 5.52. The van der Waals surface area contributed by atoms with Gasteiger partial charge in [0.1, 0.15) is 6.04 Å². The van der Waals surface area contributed by atoms with E-state index in [0.717, 1.165) is 22.9 Å². The van der Waals surface area contributed by atoms with Gasteiger partial charge in [-0.25, -0.2) is 9.59 Å². The van der Waals surface area contributed by atoms with Crippen molar-refractivity contribution in [1.82, 2.24) is 15.0 Å². The van der Waals surface area contributed by atoms with Crippen molar-refractivity contribution >= 4 is 33.6 Å². The Morgan fingerprint density at radius 3 is 2.65 bits per heavy atom. The van der Waals surface area contributed by atoms with E-state index in [1.807, 2.05) is 24.3 Å². The summed E-state index contributed by atoms with van der Waals surface area (Å²) < 4.78 is 11.4. The number of aromatic nitrogens is 2. The van der Waals surface area contributed by atoms with Crippen LogP contribution < -0.4 is 5.32 Å². The first kappa shape index (κ1) is 21.0. The molecule has 1 N–H and O–H groups in total. The van der Waals surface area contributed by atoms with Gasteiger partial charge in [-0.2, -0.15) is 4.98 Å². The van der Waals surface area contributed by atoms with Gasteiger partial charge in [0.15, 0.2) is 0 Å². The van der Waals surface area contributed by atoms with Gasteiger partial charge in [0.05, 0.1) is 12.2 Å². The highest BCUT2D eigenvalue weighted by Gasteiger charge is 2.34. The number of esters is 1. The number of amides is 2. The van der Waals surface area contributed by atoms with Crippen molar-refractivity contribution in [2.24, 2.45) is 0 Å². The Morgan fingerprint density at radius 2 is 1.94 bits per heavy atom. The van der Waals surface area contributed by atoms with Gasteiger partial charge >= 0.3 is 12.0 Å². The Kier molecular flexibility index (Phi) is 6.31. The lowest BCUT2D eigenvalue weighted by Gasteiger charge is -2.22. The molecule has 2 heterocycles. The normalized spacial score (nSPS) is 15.7. The van der Waals surface area contributed by atoms with Crippen molar-refractivity contribution in [3.63, 3.8) is 0 Å². The predicted octanol–water partition coefficient (Wildman–Crippen LogP) is 5.04. The first-order chi connectivity index (χ1) is 15.0. The molecule has 1 aliphatic heterocycles. The second-order valence-electron chi connectivity index (χ2n) is 7.04. The monoisotopic (exact) mass is 484 g/mol. The molecule has 4 rings (SSSR count). The van der Waals surface area contributed by atoms with Gasteiger partial charge in [-0.1, -0.05) is 21.1 Å². The number of nitrogens with zero attached hydrogens (tertiary/aromatic N) is 3. The SMILES string of the molecule is CCOC(=O)c1ccc(NC(=O)N2CCCC2c2nc(-c3ccc(Br)cc3)no2)cc1. The van der Waals surface area contributed by atoms with Crippen molar-refractivity contribution in [3.8, 4) is 11.4 Å². The van der Waals surface area contributed by atoms with Crippen LogP contribution in [0.1, 0.15) is 42.1 Å². The Labute approximate surface area is 187 Å². The maximum absolute atomic E-state index is 12.9. The van der Waals surface area contributed by atoms with Gasteiger partial charge in [-0.15, -0.1) is 0 Å². The summed E-state index contributed by atoms with van der Waals surface area (Å²) in [4.78, 5) is 30.8. The molecule has 3 aromatic rings. The van der Waals surface area contributed by atoms with Crippen molar-refractivity contribution in [2.75, 3.05) is 18.5 Å². The van der Waals surface area contributed by atoms with E-state index >= 15 is 0 Å². The van der Waals surface area contributed by atoms with Crippen LogP contribution in [0.4, 0.5) is 10.5 Å². The zero-order chi connectivity index (χ0) is 21.8. The molecule has 9 heteroatoms. The Morgan fingerprint density at radius 1 is 1.19 bits per heavy atom. The number of rotatable bonds is 5. The Balaban J connectivity index is 1.44. The number of urea groups is 1. The summed E-state index contributed by atoms with van der Waals surface area (Å²) in [5, 5.41) is 6.94. The summed E-state index contributed by atoms with van der Waals surface area (Å²) in [5.74, 6) is 0.519. The van der Waals surface area contributed by atoms with Crippen molar-refractivity contribution in [2.45, 2.75) is 25.8 Å². The summed E-state index contributed by atoms with van der Waals surface area (Å²) in [7, 11) is 0. The highest BCUT2D eigenvalue weighted by Crippen LogP contribution is 2.32. The first-order valence-electron chi connectivity index (χ1n) is 9.99. The largest absolute Gasteiger partial charge is 0.462 e. The minimum absolute atomic E-state index is 0.255. The lowest BCUT2D eigenvalue weighted by Crippen LogP contribution is -2.34. The Hall–Kier alpha value is -3.20. The number of halogens is 1. The number of anilines is 1. The molecular weight excluding hydrogens is 464 g/mol. The van der Waals surface area contributed by atoms with Crippen LogP contribution in [0.25, 0.3) is 11.4 Å². The average molecular weight is 485 g/mol. The van der Waals surface area contributed by atoms with Crippen molar-refractivity contribution in [1.29, 1.82) is 0 Å². The van der Waals surface area contributed by atoms with Crippen LogP contribution in [-0.2, 0) is 4.74 Å². The third kappa shape index (κ3) is 4.77. The highest BCUT2D eigenvalue weighted by atomic mass is 79.9. The van der Waals surface area contributed by atoms with Crippen molar-refractivity contribution in [3.05, 3.63) is 64.5 Å². The number of carbonyl (C=O) groups excluding carboxylic acids is 2. The van der Waals surface area contributed by atoms with Gasteiger partial charge < -0.3 is 19.5 Å². The Bertz CT molecular complexity index is 1070. The fourth-order valence-corrected chi connectivity index (χ4v) is 3.72. The minimum atomic E-state index is -0.391. The summed E-state index contributed by atoms with van der Waals surface area (Å²) >= 11 is 3.41. The van der Waals surface area contributed by atoms with E-state index in [4.69, 9.17) is 9.26 Å². The number of hydrogen-bond acceptors (Lipinski definition) is 6. The van der Waals surface area contributed by atoms with Gasteiger partial charge in [0.25, 0.3) is 0 Å². The molecule has 2 amide bonds. The fourth-order valence-electron chi connectivity index (χ4n) is 3.45. The maximum Gasteiger partial charge on any atom is 0.338 e. The van der Waals surface area contributed by atoms with E-state index in [1.54, 1.807) is 36.1 Å². The molecule has 0 spiro atoms. The summed E-state index contributed by atoms with van der Waals surface area (Å²) in [6.07, 6.45) is 1.59. The standard InChI is InChI=1S/C22H21BrN4O4/c1-2-30-21(28)15-7-11-17(12-8-15)24-22(29)27-13-3-4-18(27)20-25-19(26-31-20)14-5-9-16(23)10-6-14/h5-12,18H,2-4,13H2,1H3,(H,24,29). The second-order valence-corrected chi connectivity index (χ2v) is 7.96. The van der Waals surface area contributed by atoms with Gasteiger partial charge in [0, 0.05) is 22.3 Å². The molecule has 1 aromatic heterocycles. The number of ether oxygens (including phenoxy) is 1. The molecule has 160 valence electrons. The molecule has 1 atom stereocenters. The predicted molar refractivity (Wildman–Crippen MR) is 118 cm³/mol. The molecule has 1 fully saturated rings. The first-order valence-corrected chi connectivity index (χ1v) is 10.8. The van der Waals surface area contributed by atoms with Crippen LogP contribution in [-0.4, -0.2) is 40.2 Å². The van der Waals surface area contributed by atoms with E-state index in [1.165, 1.54) is 0 Å². The lowest BCUT2D eigenvalue weighted by molar-refractivity contribution is 0.0526. The molecule has 1 saturated heterocycles. The molecule has 0 radical (unpaired) electrons. The quantitative estimate of drug-likeness (QED) is 0.509. The molecule has 1 aliphatic rings. The molecule has 0 aliphatic carbocycles. The van der Waals surface area contributed by atoms with Crippen LogP contribution in [0.5, 0.6) is 0 Å². The number of likely N-dealkylation sites (tertiary alicyclic amines) is 1. The number of carbonyl (C=O) groups is 2. The topological polar surface area (TPSA) is 97.6 Å². The van der Waals surface area contributed by atoms with Crippen LogP contribution >= 0.6 is 15.9 Å². The van der Waals surface area contributed by atoms with E-state index in [0.29, 0.717) is 36.1 Å².